The zero-order chi connectivity index (χ0) is 24.2. The summed E-state index contributed by atoms with van der Waals surface area (Å²) in [5.41, 5.74) is 0.867. The number of carbonyl (C=O) groups is 1. The molecule has 2 aromatic carbocycles. The van der Waals surface area contributed by atoms with E-state index in [4.69, 9.17) is 18.9 Å². The third-order valence-corrected chi connectivity index (χ3v) is 7.00. The number of hydrogen-bond acceptors (Lipinski definition) is 8. The number of thiazole rings is 1. The smallest absolute Gasteiger partial charge is 0.295 e. The Morgan fingerprint density at radius 1 is 1.17 bits per heavy atom. The lowest BCUT2D eigenvalue weighted by atomic mass is 10.2. The molecule has 0 spiro atoms. The van der Waals surface area contributed by atoms with Gasteiger partial charge in [0, 0.05) is 32.2 Å². The normalized spacial score (nSPS) is 14.4. The second-order valence-corrected chi connectivity index (χ2v) is 9.28. The Morgan fingerprint density at radius 2 is 2.00 bits per heavy atom. The standard InChI is InChI=1S/C26H27N3O5S/c1-2-33-21-9-5-10-23-24(21)27-26(35-23)29(12-6-11-28-13-15-32-16-14-28)25(31)22-17-19(30)18-7-3-4-8-20(18)34-22/h3-5,7-10,17H,2,6,11-16H2,1H3. The van der Waals surface area contributed by atoms with Gasteiger partial charge in [0.1, 0.15) is 16.8 Å². The van der Waals surface area contributed by atoms with Crippen LogP contribution in [0.25, 0.3) is 21.2 Å². The zero-order valence-electron chi connectivity index (χ0n) is 19.6. The molecule has 0 aliphatic carbocycles. The van der Waals surface area contributed by atoms with Crippen LogP contribution in [-0.2, 0) is 4.74 Å². The van der Waals surface area contributed by atoms with E-state index in [1.165, 1.54) is 17.4 Å². The summed E-state index contributed by atoms with van der Waals surface area (Å²) in [5, 5.41) is 0.999. The highest BCUT2D eigenvalue weighted by molar-refractivity contribution is 7.22. The van der Waals surface area contributed by atoms with Crippen molar-refractivity contribution >= 4 is 43.6 Å². The van der Waals surface area contributed by atoms with Gasteiger partial charge >= 0.3 is 0 Å². The van der Waals surface area contributed by atoms with Crippen LogP contribution in [-0.4, -0.2) is 61.8 Å². The van der Waals surface area contributed by atoms with E-state index in [0.717, 1.165) is 49.5 Å². The number of hydrogen-bond donors (Lipinski definition) is 0. The zero-order valence-corrected chi connectivity index (χ0v) is 20.4. The predicted octanol–water partition coefficient (Wildman–Crippen LogP) is 4.17. The summed E-state index contributed by atoms with van der Waals surface area (Å²) in [4.78, 5) is 35.1. The first-order chi connectivity index (χ1) is 17.1. The molecule has 3 heterocycles. The highest BCUT2D eigenvalue weighted by atomic mass is 32.1. The number of benzene rings is 2. The van der Waals surface area contributed by atoms with E-state index in [2.05, 4.69) is 4.90 Å². The van der Waals surface area contributed by atoms with Gasteiger partial charge in [-0.25, -0.2) is 4.98 Å². The fourth-order valence-electron chi connectivity index (χ4n) is 4.20. The van der Waals surface area contributed by atoms with Crippen molar-refractivity contribution in [1.29, 1.82) is 0 Å². The van der Waals surface area contributed by atoms with Crippen LogP contribution in [0.3, 0.4) is 0 Å². The first-order valence-corrected chi connectivity index (χ1v) is 12.6. The molecule has 0 atom stereocenters. The number of amides is 1. The van der Waals surface area contributed by atoms with E-state index in [0.29, 0.717) is 35.0 Å². The summed E-state index contributed by atoms with van der Waals surface area (Å²) in [6, 6.07) is 14.0. The molecule has 0 bridgehead atoms. The van der Waals surface area contributed by atoms with Crippen molar-refractivity contribution in [3.8, 4) is 5.75 Å². The van der Waals surface area contributed by atoms with Crippen LogP contribution in [0.4, 0.5) is 5.13 Å². The van der Waals surface area contributed by atoms with E-state index in [-0.39, 0.29) is 17.1 Å². The van der Waals surface area contributed by atoms with Crippen molar-refractivity contribution in [2.75, 3.05) is 50.9 Å². The molecule has 8 nitrogen and oxygen atoms in total. The number of rotatable bonds is 8. The van der Waals surface area contributed by atoms with Crippen molar-refractivity contribution in [1.82, 2.24) is 9.88 Å². The first-order valence-electron chi connectivity index (χ1n) is 11.8. The number of carbonyl (C=O) groups excluding carboxylic acids is 1. The topological polar surface area (TPSA) is 85.1 Å². The van der Waals surface area contributed by atoms with Gasteiger partial charge in [0.15, 0.2) is 16.3 Å². The maximum absolute atomic E-state index is 13.7. The fraction of sp³-hybridized carbons (Fsp3) is 0.346. The number of ether oxygens (including phenoxy) is 2. The Morgan fingerprint density at radius 3 is 2.83 bits per heavy atom. The van der Waals surface area contributed by atoms with Gasteiger partial charge in [0.25, 0.3) is 5.91 Å². The predicted molar refractivity (Wildman–Crippen MR) is 137 cm³/mol. The summed E-state index contributed by atoms with van der Waals surface area (Å²) in [6.45, 7) is 6.94. The Labute approximate surface area is 206 Å². The van der Waals surface area contributed by atoms with E-state index >= 15 is 0 Å². The molecule has 35 heavy (non-hydrogen) atoms. The molecule has 1 amide bonds. The van der Waals surface area contributed by atoms with Gasteiger partial charge in [0.05, 0.1) is 29.9 Å². The maximum Gasteiger partial charge on any atom is 0.295 e. The van der Waals surface area contributed by atoms with Gasteiger partial charge in [0.2, 0.25) is 0 Å². The number of nitrogens with zero attached hydrogens (tertiary/aromatic N) is 3. The number of morpholine rings is 1. The average Bonchev–Trinajstić information content (AvgIpc) is 3.32. The van der Waals surface area contributed by atoms with Crippen LogP contribution >= 0.6 is 11.3 Å². The second kappa shape index (κ2) is 10.6. The average molecular weight is 494 g/mol. The summed E-state index contributed by atoms with van der Waals surface area (Å²) < 4.78 is 18.0. The quantitative estimate of drug-likeness (QED) is 0.364. The molecule has 0 N–H and O–H groups in total. The summed E-state index contributed by atoms with van der Waals surface area (Å²) >= 11 is 1.42. The minimum absolute atomic E-state index is 0.00404. The van der Waals surface area contributed by atoms with E-state index in [9.17, 15) is 9.59 Å². The summed E-state index contributed by atoms with van der Waals surface area (Å²) in [7, 11) is 0. The van der Waals surface area contributed by atoms with Crippen LogP contribution < -0.4 is 15.1 Å². The maximum atomic E-state index is 13.7. The highest BCUT2D eigenvalue weighted by Crippen LogP contribution is 2.35. The molecule has 1 aliphatic heterocycles. The molecule has 1 fully saturated rings. The Balaban J connectivity index is 1.48. The number of aromatic nitrogens is 1. The molecular weight excluding hydrogens is 466 g/mol. The third kappa shape index (κ3) is 5.07. The molecule has 4 aromatic rings. The molecule has 0 radical (unpaired) electrons. The minimum atomic E-state index is -0.383. The molecule has 9 heteroatoms. The fourth-order valence-corrected chi connectivity index (χ4v) is 5.21. The van der Waals surface area contributed by atoms with Crippen LogP contribution in [0.15, 0.2) is 57.7 Å². The molecule has 0 unspecified atom stereocenters. The van der Waals surface area contributed by atoms with Crippen molar-refractivity contribution in [2.45, 2.75) is 13.3 Å². The molecule has 1 aliphatic rings. The molecule has 182 valence electrons. The minimum Gasteiger partial charge on any atom is -0.492 e. The van der Waals surface area contributed by atoms with Gasteiger partial charge in [-0.2, -0.15) is 0 Å². The van der Waals surface area contributed by atoms with Crippen molar-refractivity contribution in [3.05, 3.63) is 64.5 Å². The Bertz CT molecular complexity index is 1390. The van der Waals surface area contributed by atoms with Crippen LogP contribution in [0.2, 0.25) is 0 Å². The monoisotopic (exact) mass is 493 g/mol. The number of para-hydroxylation sites is 2. The third-order valence-electron chi connectivity index (χ3n) is 5.95. The molecule has 5 rings (SSSR count). The van der Waals surface area contributed by atoms with Gasteiger partial charge in [-0.15, -0.1) is 0 Å². The van der Waals surface area contributed by atoms with Gasteiger partial charge < -0.3 is 13.9 Å². The Kier molecular flexibility index (Phi) is 7.08. The number of fused-ring (bicyclic) bond motifs is 2. The molecule has 0 saturated carbocycles. The lowest BCUT2D eigenvalue weighted by Gasteiger charge is -2.27. The van der Waals surface area contributed by atoms with Gasteiger partial charge in [-0.1, -0.05) is 29.5 Å². The molecular formula is C26H27N3O5S. The van der Waals surface area contributed by atoms with Crippen molar-refractivity contribution < 1.29 is 18.7 Å². The second-order valence-electron chi connectivity index (χ2n) is 8.27. The van der Waals surface area contributed by atoms with E-state index in [1.54, 1.807) is 29.2 Å². The van der Waals surface area contributed by atoms with E-state index in [1.807, 2.05) is 25.1 Å². The summed E-state index contributed by atoms with van der Waals surface area (Å²) in [5.74, 6) is 0.307. The van der Waals surface area contributed by atoms with Crippen LogP contribution in [0.1, 0.15) is 23.9 Å². The largest absolute Gasteiger partial charge is 0.492 e. The van der Waals surface area contributed by atoms with Crippen LogP contribution in [0.5, 0.6) is 5.75 Å². The van der Waals surface area contributed by atoms with Gasteiger partial charge in [-0.05, 0) is 37.6 Å². The van der Waals surface area contributed by atoms with Crippen molar-refractivity contribution in [2.24, 2.45) is 0 Å². The summed E-state index contributed by atoms with van der Waals surface area (Å²) in [6.07, 6.45) is 0.748. The lowest BCUT2D eigenvalue weighted by Crippen LogP contribution is -2.39. The SMILES string of the molecule is CCOc1cccc2sc(N(CCCN3CCOCC3)C(=O)c3cc(=O)c4ccccc4o3)nc12. The van der Waals surface area contributed by atoms with E-state index < -0.39 is 0 Å². The first kappa shape index (κ1) is 23.5. The lowest BCUT2D eigenvalue weighted by molar-refractivity contribution is 0.0376. The Hall–Kier alpha value is -3.27. The number of anilines is 1. The molecule has 2 aromatic heterocycles. The van der Waals surface area contributed by atoms with Gasteiger partial charge in [-0.3, -0.25) is 19.4 Å². The highest BCUT2D eigenvalue weighted by Gasteiger charge is 2.25. The van der Waals surface area contributed by atoms with Crippen LogP contribution in [0, 0.1) is 0 Å². The van der Waals surface area contributed by atoms with Crippen molar-refractivity contribution in [3.63, 3.8) is 0 Å². The molecule has 1 saturated heterocycles.